The molecule has 0 bridgehead atoms. The Morgan fingerprint density at radius 3 is 1.34 bits per heavy atom. The quantitative estimate of drug-likeness (QED) is 0.182. The zero-order valence-corrected chi connectivity index (χ0v) is 17.8. The molecular formula is C17H9F17O4. The van der Waals surface area contributed by atoms with Crippen LogP contribution in [0.4, 0.5) is 74.6 Å². The van der Waals surface area contributed by atoms with Gasteiger partial charge in [-0.2, -0.15) is 74.6 Å². The SMILES string of the molecule is Cc1cc(C)cc(OC(=O)C(F)(OC(F)(F)C(F)(OC(F)(F)C(F)(F)C(F)(F)F)C(F)(F)F)C(F)(F)F)c1. The third kappa shape index (κ3) is 6.01. The number of hydrogen-bond donors (Lipinski definition) is 0. The first kappa shape index (κ1) is 33.4. The molecule has 0 radical (unpaired) electrons. The Hall–Kier alpha value is -2.58. The van der Waals surface area contributed by atoms with Gasteiger partial charge in [0.25, 0.3) is 0 Å². The molecule has 0 heterocycles. The van der Waals surface area contributed by atoms with Crippen molar-refractivity contribution in [1.82, 2.24) is 0 Å². The van der Waals surface area contributed by atoms with Crippen molar-refractivity contribution < 1.29 is 93.6 Å². The summed E-state index contributed by atoms with van der Waals surface area (Å²) in [5.41, 5.74) is 0.0770. The van der Waals surface area contributed by atoms with Gasteiger partial charge in [0.2, 0.25) is 0 Å². The molecule has 4 nitrogen and oxygen atoms in total. The van der Waals surface area contributed by atoms with Crippen molar-refractivity contribution in [3.8, 4) is 5.75 Å². The van der Waals surface area contributed by atoms with Crippen LogP contribution in [0, 0.1) is 13.8 Å². The van der Waals surface area contributed by atoms with Crippen LogP contribution in [0.15, 0.2) is 18.2 Å². The lowest BCUT2D eigenvalue weighted by Gasteiger charge is -2.39. The second-order valence-corrected chi connectivity index (χ2v) is 7.21. The highest BCUT2D eigenvalue weighted by molar-refractivity contribution is 5.81. The normalized spacial score (nSPS) is 17.6. The highest BCUT2D eigenvalue weighted by Gasteiger charge is 2.85. The van der Waals surface area contributed by atoms with E-state index in [0.29, 0.717) is 12.1 Å². The van der Waals surface area contributed by atoms with Gasteiger partial charge < -0.3 is 4.74 Å². The Bertz CT molecular complexity index is 1010. The third-order valence-corrected chi connectivity index (χ3v) is 4.03. The van der Waals surface area contributed by atoms with Gasteiger partial charge in [0.15, 0.2) is 0 Å². The maximum absolute atomic E-state index is 14.4. The van der Waals surface area contributed by atoms with Gasteiger partial charge in [0.05, 0.1) is 0 Å². The molecular weight excluding hydrogens is 591 g/mol. The molecule has 0 saturated heterocycles. The van der Waals surface area contributed by atoms with E-state index in [1.807, 2.05) is 4.74 Å². The number of benzene rings is 1. The Balaban J connectivity index is 3.65. The first-order valence-electron chi connectivity index (χ1n) is 8.87. The highest BCUT2D eigenvalue weighted by Crippen LogP contribution is 2.56. The summed E-state index contributed by atoms with van der Waals surface area (Å²) < 4.78 is 230. The molecule has 0 saturated carbocycles. The first-order chi connectivity index (χ1) is 16.5. The fourth-order valence-corrected chi connectivity index (χ4v) is 2.31. The van der Waals surface area contributed by atoms with Crippen molar-refractivity contribution in [1.29, 1.82) is 0 Å². The molecule has 1 aromatic carbocycles. The standard InChI is InChI=1S/C17H9F17O4/c1-6-3-7(2)5-8(4-6)36-9(35)10(18,13(22,23)24)37-17(33,34)12(21,15(28,29)30)38-16(31,32)11(19,20)14(25,26)27/h3-5H,1-2H3. The first-order valence-corrected chi connectivity index (χ1v) is 8.87. The Kier molecular flexibility index (Phi) is 8.41. The molecule has 0 aliphatic heterocycles. The Labute approximate surface area is 198 Å². The number of carbonyl (C=O) groups is 1. The number of rotatable bonds is 8. The summed E-state index contributed by atoms with van der Waals surface area (Å²) >= 11 is 0. The van der Waals surface area contributed by atoms with Gasteiger partial charge >= 0.3 is 54.3 Å². The molecule has 1 rings (SSSR count). The van der Waals surface area contributed by atoms with Crippen molar-refractivity contribution in [3.05, 3.63) is 29.3 Å². The second kappa shape index (κ2) is 9.56. The number of ether oxygens (including phenoxy) is 3. The molecule has 0 aliphatic rings. The zero-order valence-electron chi connectivity index (χ0n) is 17.8. The van der Waals surface area contributed by atoms with Gasteiger partial charge in [-0.1, -0.05) is 6.07 Å². The van der Waals surface area contributed by atoms with Crippen LogP contribution in [0.2, 0.25) is 0 Å². The lowest BCUT2D eigenvalue weighted by Crippen LogP contribution is -2.68. The van der Waals surface area contributed by atoms with Gasteiger partial charge in [-0.05, 0) is 37.1 Å². The van der Waals surface area contributed by atoms with Crippen LogP contribution in [-0.4, -0.2) is 54.3 Å². The number of hydrogen-bond acceptors (Lipinski definition) is 4. The van der Waals surface area contributed by atoms with Crippen LogP contribution in [0.3, 0.4) is 0 Å². The lowest BCUT2D eigenvalue weighted by atomic mass is 10.1. The van der Waals surface area contributed by atoms with Gasteiger partial charge in [-0.25, -0.2) is 4.79 Å². The summed E-state index contributed by atoms with van der Waals surface area (Å²) in [4.78, 5) is 11.7. The minimum Gasteiger partial charge on any atom is -0.422 e. The predicted octanol–water partition coefficient (Wildman–Crippen LogP) is 7.08. The van der Waals surface area contributed by atoms with E-state index in [9.17, 15) is 79.4 Å². The van der Waals surface area contributed by atoms with Gasteiger partial charge in [0, 0.05) is 0 Å². The average molecular weight is 600 g/mol. The average Bonchev–Trinajstić information content (AvgIpc) is 2.63. The molecule has 1 aromatic rings. The summed E-state index contributed by atoms with van der Waals surface area (Å²) in [5, 5.41) is 0. The predicted molar refractivity (Wildman–Crippen MR) is 84.4 cm³/mol. The monoisotopic (exact) mass is 600 g/mol. The summed E-state index contributed by atoms with van der Waals surface area (Å²) in [7, 11) is 0. The Morgan fingerprint density at radius 1 is 0.579 bits per heavy atom. The summed E-state index contributed by atoms with van der Waals surface area (Å²) in [6.45, 7) is 2.35. The van der Waals surface area contributed by atoms with E-state index in [-0.39, 0.29) is 11.1 Å². The van der Waals surface area contributed by atoms with E-state index in [1.165, 1.54) is 24.7 Å². The third-order valence-electron chi connectivity index (χ3n) is 4.03. The molecule has 0 aliphatic carbocycles. The smallest absolute Gasteiger partial charge is 0.422 e. The minimum absolute atomic E-state index is 0.0385. The summed E-state index contributed by atoms with van der Waals surface area (Å²) in [6.07, 6.45) is -38.7. The molecule has 0 fully saturated rings. The van der Waals surface area contributed by atoms with Crippen molar-refractivity contribution in [3.63, 3.8) is 0 Å². The topological polar surface area (TPSA) is 44.8 Å². The van der Waals surface area contributed by atoms with Crippen LogP contribution in [0.1, 0.15) is 11.1 Å². The number of carbonyl (C=O) groups excluding carboxylic acids is 1. The maximum Gasteiger partial charge on any atom is 0.462 e. The summed E-state index contributed by atoms with van der Waals surface area (Å²) in [6, 6.07) is 2.49. The fraction of sp³-hybridized carbons (Fsp3) is 0.588. The number of halogens is 17. The summed E-state index contributed by atoms with van der Waals surface area (Å²) in [5.74, 6) is -27.7. The van der Waals surface area contributed by atoms with Crippen molar-refractivity contribution in [2.45, 2.75) is 62.2 Å². The molecule has 0 spiro atoms. The molecule has 220 valence electrons. The molecule has 2 unspecified atom stereocenters. The van der Waals surface area contributed by atoms with Gasteiger partial charge in [-0.3, -0.25) is 9.47 Å². The maximum atomic E-state index is 14.4. The molecule has 0 amide bonds. The van der Waals surface area contributed by atoms with Crippen LogP contribution < -0.4 is 4.74 Å². The molecule has 0 N–H and O–H groups in total. The van der Waals surface area contributed by atoms with Crippen molar-refractivity contribution >= 4 is 5.97 Å². The number of alkyl halides is 17. The van der Waals surface area contributed by atoms with E-state index in [1.54, 1.807) is 0 Å². The lowest BCUT2D eigenvalue weighted by molar-refractivity contribution is -0.548. The molecule has 21 heteroatoms. The van der Waals surface area contributed by atoms with Gasteiger partial charge in [0.1, 0.15) is 5.75 Å². The fourth-order valence-electron chi connectivity index (χ4n) is 2.31. The van der Waals surface area contributed by atoms with E-state index in [2.05, 4.69) is 4.74 Å². The number of aryl methyl sites for hydroxylation is 2. The number of esters is 1. The van der Waals surface area contributed by atoms with Crippen LogP contribution >= 0.6 is 0 Å². The molecule has 38 heavy (non-hydrogen) atoms. The Morgan fingerprint density at radius 2 is 1.00 bits per heavy atom. The zero-order chi connectivity index (χ0) is 30.6. The molecule has 0 aromatic heterocycles. The van der Waals surface area contributed by atoms with E-state index in [0.717, 1.165) is 0 Å². The van der Waals surface area contributed by atoms with E-state index < -0.39 is 60.1 Å². The van der Waals surface area contributed by atoms with Crippen molar-refractivity contribution in [2.24, 2.45) is 0 Å². The van der Waals surface area contributed by atoms with Crippen LogP contribution in [0.5, 0.6) is 5.75 Å². The van der Waals surface area contributed by atoms with E-state index in [4.69, 9.17) is 0 Å². The minimum atomic E-state index is -8.08. The molecule has 2 atom stereocenters. The van der Waals surface area contributed by atoms with Gasteiger partial charge in [-0.15, -0.1) is 0 Å². The van der Waals surface area contributed by atoms with Crippen molar-refractivity contribution in [2.75, 3.05) is 0 Å². The second-order valence-electron chi connectivity index (χ2n) is 7.21. The van der Waals surface area contributed by atoms with Crippen LogP contribution in [-0.2, 0) is 14.3 Å². The van der Waals surface area contributed by atoms with Crippen LogP contribution in [0.25, 0.3) is 0 Å². The highest BCUT2D eigenvalue weighted by atomic mass is 19.4. The largest absolute Gasteiger partial charge is 0.462 e. The van der Waals surface area contributed by atoms with E-state index >= 15 is 0 Å².